The maximum absolute atomic E-state index is 13.6. The van der Waals surface area contributed by atoms with Crippen molar-refractivity contribution in [3.63, 3.8) is 0 Å². The SMILES string of the molecule is CCOC[C@@]1(O)CC[C@H]2[C@@H](CC[C@@H]3[C@@H]2CC[C@]2(C)[C@@H](C(=O)Cn4cc5ccncc5n4)CC[C@@H]32)C1.CCOC[C@@]1(O)CC[C@H]2[C@@H](CC[C@@H]3[C@@H]2CC[C@]2(C)[C@@H](C(=O)Cn4nc5ccccc5n4)CC[C@@H]32)C1.CCOC[C@@]1(O)CC[C@H]2[C@@H](CC[C@@H]3[C@@H]2CC[C@]2(C)[C@@H](C(=O)Cn4ncc5ccncc54)CC[C@@H]32)C1.CCOC[C@@]1(O)CC[C@H]2[C@@H](CC[C@@H]3[C@@H]2CC[C@]2(C)[C@@H](C(=O)Cn4nnc5cnccc54)CC[C@@H]32)C1. The van der Waals surface area contributed by atoms with Crippen molar-refractivity contribution in [3.05, 3.63) is 92.0 Å². The fraction of sp³-hybridized carbons (Fsp3) is 0.765. The quantitative estimate of drug-likeness (QED) is 0.0437. The molecule has 140 heavy (non-hydrogen) atoms. The molecule has 16 aliphatic rings. The molecular formula is C115H163N13O12. The summed E-state index contributed by atoms with van der Waals surface area (Å²) in [5, 5.41) is 73.2. The van der Waals surface area contributed by atoms with Gasteiger partial charge in [-0.25, -0.2) is 4.68 Å². The topological polar surface area (TPSA) is 322 Å². The molecule has 16 fully saturated rings. The van der Waals surface area contributed by atoms with Crippen LogP contribution in [0, 0.1) is 164 Å². The summed E-state index contributed by atoms with van der Waals surface area (Å²) in [4.78, 5) is 68.5. The van der Waals surface area contributed by atoms with E-state index in [0.29, 0.717) is 150 Å². The van der Waals surface area contributed by atoms with Crippen LogP contribution in [0.3, 0.4) is 0 Å². The van der Waals surface area contributed by atoms with Gasteiger partial charge >= 0.3 is 0 Å². The van der Waals surface area contributed by atoms with E-state index in [4.69, 9.17) is 18.9 Å². The third-order valence-electron chi connectivity index (χ3n) is 42.9. The maximum atomic E-state index is 13.6. The minimum Gasteiger partial charge on any atom is -0.387 e. The van der Waals surface area contributed by atoms with Gasteiger partial charge in [0.1, 0.15) is 41.7 Å². The van der Waals surface area contributed by atoms with Crippen LogP contribution in [-0.4, -0.2) is 183 Å². The zero-order valence-corrected chi connectivity index (χ0v) is 85.3. The van der Waals surface area contributed by atoms with Crippen molar-refractivity contribution >= 4 is 67.0 Å². The van der Waals surface area contributed by atoms with Crippen LogP contribution in [0.5, 0.6) is 0 Å². The number of pyridine rings is 3. The van der Waals surface area contributed by atoms with Gasteiger partial charge in [-0.3, -0.25) is 43.5 Å². The molecule has 0 saturated heterocycles. The molecule has 0 spiro atoms. The predicted molar refractivity (Wildman–Crippen MR) is 536 cm³/mol. The molecule has 1 aromatic carbocycles. The van der Waals surface area contributed by atoms with E-state index in [1.165, 1.54) is 116 Å². The second-order valence-corrected chi connectivity index (χ2v) is 49.6. The zero-order chi connectivity index (χ0) is 96.8. The number of benzene rings is 1. The van der Waals surface area contributed by atoms with Crippen LogP contribution in [0.1, 0.15) is 287 Å². The number of aliphatic hydroxyl groups is 4. The molecule has 0 unspecified atom stereocenters. The van der Waals surface area contributed by atoms with Crippen LogP contribution >= 0.6 is 0 Å². The molecule has 7 heterocycles. The molecule has 25 heteroatoms. The first kappa shape index (κ1) is 98.8. The van der Waals surface area contributed by atoms with Crippen LogP contribution in [-0.2, 0) is 64.3 Å². The van der Waals surface area contributed by atoms with E-state index >= 15 is 0 Å². The van der Waals surface area contributed by atoms with Crippen molar-refractivity contribution in [3.8, 4) is 0 Å². The third-order valence-corrected chi connectivity index (χ3v) is 42.9. The molecule has 16 saturated carbocycles. The van der Waals surface area contributed by atoms with Crippen molar-refractivity contribution in [1.29, 1.82) is 0 Å². The number of hydrogen-bond acceptors (Lipinski definition) is 21. The van der Waals surface area contributed by atoms with E-state index < -0.39 is 22.4 Å². The first-order chi connectivity index (χ1) is 67.6. The van der Waals surface area contributed by atoms with Gasteiger partial charge in [0.2, 0.25) is 0 Å². The molecule has 25 nitrogen and oxygen atoms in total. The van der Waals surface area contributed by atoms with Gasteiger partial charge in [0, 0.05) is 85.7 Å². The molecule has 7 aromatic heterocycles. The highest BCUT2D eigenvalue weighted by Crippen LogP contribution is 2.71. The molecule has 8 aromatic rings. The number of carbonyl (C=O) groups is 4. The zero-order valence-electron chi connectivity index (χ0n) is 85.3. The maximum Gasteiger partial charge on any atom is 0.159 e. The number of nitrogens with zero attached hydrogens (tertiary/aromatic N) is 13. The molecule has 4 N–H and O–H groups in total. The molecule has 0 aliphatic heterocycles. The molecule has 0 amide bonds. The van der Waals surface area contributed by atoms with E-state index in [1.54, 1.807) is 40.5 Å². The first-order valence-corrected chi connectivity index (χ1v) is 55.9. The number of fused-ring (bicyclic) bond motifs is 24. The summed E-state index contributed by atoms with van der Waals surface area (Å²) in [5.41, 5.74) is 3.12. The number of ether oxygens (including phenoxy) is 4. The number of carbonyl (C=O) groups excluding carboxylic acids is 4. The fourth-order valence-corrected chi connectivity index (χ4v) is 36.6. The highest BCUT2D eigenvalue weighted by Gasteiger charge is 2.65. The van der Waals surface area contributed by atoms with Gasteiger partial charge < -0.3 is 39.4 Å². The molecule has 0 bridgehead atoms. The number of hydrogen-bond donors (Lipinski definition) is 4. The normalized spacial score (nSPS) is 40.8. The average Bonchev–Trinajstić information content (AvgIpc) is 1.49. The lowest BCUT2D eigenvalue weighted by Gasteiger charge is -2.57. The van der Waals surface area contributed by atoms with E-state index in [9.17, 15) is 39.6 Å². The van der Waals surface area contributed by atoms with Crippen LogP contribution in [0.2, 0.25) is 0 Å². The highest BCUT2D eigenvalue weighted by molar-refractivity contribution is 5.87. The van der Waals surface area contributed by atoms with Crippen LogP contribution in [0.25, 0.3) is 43.9 Å². The number of rotatable bonds is 24. The number of Topliss-reactive ketones (excluding diaryl/α,β-unsaturated/α-hetero) is 4. The Hall–Kier alpha value is -7.23. The van der Waals surface area contributed by atoms with Gasteiger partial charge in [-0.15, -0.1) is 5.10 Å². The molecular weight excluding hydrogens is 1760 g/mol. The summed E-state index contributed by atoms with van der Waals surface area (Å²) in [6.45, 7) is 23.7. The smallest absolute Gasteiger partial charge is 0.159 e. The highest BCUT2D eigenvalue weighted by atomic mass is 16.5. The van der Waals surface area contributed by atoms with Gasteiger partial charge in [-0.1, -0.05) is 45.0 Å². The number of aromatic nitrogens is 13. The summed E-state index contributed by atoms with van der Waals surface area (Å²) in [5.74, 6) is 16.2. The minimum absolute atomic E-state index is 0.105. The van der Waals surface area contributed by atoms with Crippen molar-refractivity contribution in [2.24, 2.45) is 164 Å². The van der Waals surface area contributed by atoms with Gasteiger partial charge in [-0.05, 0) is 429 Å². The van der Waals surface area contributed by atoms with Crippen LogP contribution in [0.4, 0.5) is 0 Å². The van der Waals surface area contributed by atoms with Gasteiger partial charge in [0.25, 0.3) is 0 Å². The Kier molecular flexibility index (Phi) is 28.4. The Morgan fingerprint density at radius 3 is 1.08 bits per heavy atom. The lowest BCUT2D eigenvalue weighted by Crippen LogP contribution is -2.52. The lowest BCUT2D eigenvalue weighted by atomic mass is 9.49. The molecule has 16 aliphatic carbocycles. The molecule has 32 atom stereocenters. The van der Waals surface area contributed by atoms with Crippen LogP contribution < -0.4 is 0 Å². The number of ketones is 4. The van der Waals surface area contributed by atoms with Crippen molar-refractivity contribution in [1.82, 2.24) is 64.5 Å². The van der Waals surface area contributed by atoms with E-state index in [-0.39, 0.29) is 45.3 Å². The Balaban J connectivity index is 0.000000111. The molecule has 0 radical (unpaired) electrons. The monoisotopic (exact) mass is 1920 g/mol. The second kappa shape index (κ2) is 40.2. The van der Waals surface area contributed by atoms with Crippen LogP contribution in [0.15, 0.2) is 92.0 Å². The molecule has 760 valence electrons. The summed E-state index contributed by atoms with van der Waals surface area (Å²) in [6, 6.07) is 13.6. The van der Waals surface area contributed by atoms with E-state index in [1.807, 2.05) is 98.1 Å². The Morgan fingerprint density at radius 2 is 0.686 bits per heavy atom. The largest absolute Gasteiger partial charge is 0.387 e. The Labute approximate surface area is 829 Å². The molecule has 24 rings (SSSR count). The second-order valence-electron chi connectivity index (χ2n) is 49.6. The van der Waals surface area contributed by atoms with Gasteiger partial charge in [-0.2, -0.15) is 25.2 Å². The summed E-state index contributed by atoms with van der Waals surface area (Å²) >= 11 is 0. The Morgan fingerprint density at radius 1 is 0.336 bits per heavy atom. The van der Waals surface area contributed by atoms with Gasteiger partial charge in [0.15, 0.2) is 23.1 Å². The first-order valence-electron chi connectivity index (χ1n) is 55.9. The predicted octanol–water partition coefficient (Wildman–Crippen LogP) is 19.5. The lowest BCUT2D eigenvalue weighted by molar-refractivity contribution is -0.138. The average molecular weight is 1920 g/mol. The van der Waals surface area contributed by atoms with E-state index in [0.717, 1.165) is 230 Å². The van der Waals surface area contributed by atoms with Crippen molar-refractivity contribution in [2.75, 3.05) is 52.9 Å². The summed E-state index contributed by atoms with van der Waals surface area (Å²) in [7, 11) is 0. The van der Waals surface area contributed by atoms with Crippen molar-refractivity contribution in [2.45, 2.75) is 335 Å². The van der Waals surface area contributed by atoms with E-state index in [2.05, 4.69) is 73.4 Å². The standard InChI is InChI=1S/3C29H41N3O3.C28H40N4O3/c1-3-35-18-29(34)12-9-21-19(14-29)4-5-23-22(21)8-11-28(2)24(23)6-7-25(28)27(33)17-32-16-20-10-13-30-15-26(20)31-32;1-3-35-18-29(34)12-9-21-19(14-29)4-5-23-22(21)8-11-28(2)24(23)6-7-25(28)27(33)17-32-26-16-30-13-10-20(26)15-31-32;1-3-35-18-29(34)15-13-20-19(16-29)8-9-22-21(20)12-14-28(2)23(22)10-11-24(28)27(33)17-32-30-25-6-4-5-7-26(25)31-32;1-3-35-17-28(34)12-9-19-18(14-28)4-5-21-20(19)8-11-27(2)22(21)6-7-23(27)26(33)16-32-25-10-13-29-15-24(25)30-31-32/h2*10,13,15-16,19,21-25,34H,3-9,11-12,14,17-18H2,1-2H3;4-7,19-24,34H,3,8-18H2,1-2H3;10,13,15,18-23,34H,3-9,11-12,14,16-17H2,1-2H3/t2*19-,21-,22+,23+,24-,25+,28-,29+;19-,20-,21+,22+,23-,24+,28-,29+;18-,19-,20+,21+,22-,23+,27-,28+/m0000/s1. The summed E-state index contributed by atoms with van der Waals surface area (Å²) < 4.78 is 28.0. The Bertz CT molecular complexity index is 5280. The third kappa shape index (κ3) is 18.7. The van der Waals surface area contributed by atoms with Crippen molar-refractivity contribution < 1.29 is 58.6 Å². The summed E-state index contributed by atoms with van der Waals surface area (Å²) in [6.07, 6.45) is 54.6. The fourth-order valence-electron chi connectivity index (χ4n) is 36.6. The van der Waals surface area contributed by atoms with Gasteiger partial charge in [0.05, 0.1) is 91.2 Å². The minimum atomic E-state index is -0.625.